The highest BCUT2D eigenvalue weighted by Crippen LogP contribution is 2.41. The van der Waals surface area contributed by atoms with Crippen molar-refractivity contribution in [2.45, 2.75) is 6.42 Å². The zero-order chi connectivity index (χ0) is 27.5. The highest BCUT2D eigenvalue weighted by molar-refractivity contribution is 6.69. The van der Waals surface area contributed by atoms with Crippen LogP contribution in [0, 0.1) is 11.6 Å². The van der Waals surface area contributed by atoms with Gasteiger partial charge in [0.05, 0.1) is 11.3 Å². The predicted molar refractivity (Wildman–Crippen MR) is 150 cm³/mol. The number of hydrogen-bond donors (Lipinski definition) is 2. The van der Waals surface area contributed by atoms with Gasteiger partial charge in [0.25, 0.3) is 5.91 Å². The molecular weight excluding hydrogens is 522 g/mol. The minimum absolute atomic E-state index is 0.0733. The van der Waals surface area contributed by atoms with Gasteiger partial charge in [-0.3, -0.25) is 4.79 Å². The molecular formula is C29H25ClF2N6O. The molecule has 5 rings (SSSR count). The Balaban J connectivity index is 1.42. The highest BCUT2D eigenvalue weighted by atomic mass is 35.5. The first-order valence-electron chi connectivity index (χ1n) is 12.3. The number of aliphatic imine (C=N–C) groups is 1. The van der Waals surface area contributed by atoms with Crippen molar-refractivity contribution in [2.75, 3.05) is 32.5 Å². The molecule has 0 fully saturated rings. The Morgan fingerprint density at radius 3 is 2.54 bits per heavy atom. The van der Waals surface area contributed by atoms with Gasteiger partial charge in [0, 0.05) is 54.9 Å². The maximum atomic E-state index is 14.8. The summed E-state index contributed by atoms with van der Waals surface area (Å²) in [6, 6.07) is 10.8. The number of carbonyl (C=O) groups is 1. The standard InChI is InChI=1S/C29H25ClF2N6O/c1-33-12-13-38(2)28(39)17-6-9-19(10-7-17)36-29-35-15-18-8-11-20-21(26-23(31)4-3-5-24(26)32)14-25(30)34-16-22(20)27(18)37-29/h3-7,9-11,14-16,33H,8,12-13H2,1-2H3,(H,35,36,37). The second-order valence-corrected chi connectivity index (χ2v) is 9.46. The van der Waals surface area contributed by atoms with Crippen LogP contribution in [0.1, 0.15) is 27.2 Å². The van der Waals surface area contributed by atoms with Crippen LogP contribution in [0.3, 0.4) is 0 Å². The van der Waals surface area contributed by atoms with Gasteiger partial charge in [-0.15, -0.1) is 0 Å². The SMILES string of the molecule is CNCCN(C)C(=O)c1ccc(Nc2ncc3c(n2)C2=CN=C(Cl)C=C(c4c(F)cccc4F)C2=CC3)cc1. The van der Waals surface area contributed by atoms with Crippen LogP contribution < -0.4 is 10.6 Å². The van der Waals surface area contributed by atoms with Crippen LogP contribution in [0.2, 0.25) is 0 Å². The molecule has 0 radical (unpaired) electrons. The maximum Gasteiger partial charge on any atom is 0.253 e. The lowest BCUT2D eigenvalue weighted by atomic mass is 9.84. The molecule has 39 heavy (non-hydrogen) atoms. The number of amides is 1. The highest BCUT2D eigenvalue weighted by Gasteiger charge is 2.27. The molecule has 7 nitrogen and oxygen atoms in total. The van der Waals surface area contributed by atoms with E-state index in [4.69, 9.17) is 16.6 Å². The van der Waals surface area contributed by atoms with Crippen molar-refractivity contribution in [3.05, 3.63) is 107 Å². The van der Waals surface area contributed by atoms with E-state index in [2.05, 4.69) is 20.6 Å². The van der Waals surface area contributed by atoms with Gasteiger partial charge < -0.3 is 15.5 Å². The Bertz CT molecular complexity index is 1540. The van der Waals surface area contributed by atoms with E-state index in [1.54, 1.807) is 48.6 Å². The molecule has 0 unspecified atom stereocenters. The number of allylic oxidation sites excluding steroid dienone is 5. The molecule has 198 valence electrons. The number of nitrogens with one attached hydrogen (secondary N) is 2. The Hall–Kier alpha value is -4.21. The second-order valence-electron chi connectivity index (χ2n) is 9.07. The molecule has 10 heteroatoms. The van der Waals surface area contributed by atoms with Crippen LogP contribution in [-0.4, -0.2) is 53.1 Å². The van der Waals surface area contributed by atoms with Crippen molar-refractivity contribution < 1.29 is 13.6 Å². The summed E-state index contributed by atoms with van der Waals surface area (Å²) < 4.78 is 29.5. The van der Waals surface area contributed by atoms with E-state index in [0.717, 1.165) is 5.56 Å². The number of fused-ring (bicyclic) bond motifs is 3. The fraction of sp³-hybridized carbons (Fsp3) is 0.172. The molecule has 0 spiro atoms. The van der Waals surface area contributed by atoms with Gasteiger partial charge in [0.1, 0.15) is 16.8 Å². The van der Waals surface area contributed by atoms with Crippen LogP contribution >= 0.6 is 11.6 Å². The number of halogens is 3. The summed E-state index contributed by atoms with van der Waals surface area (Å²) in [6.45, 7) is 1.30. The summed E-state index contributed by atoms with van der Waals surface area (Å²) in [5, 5.41) is 6.28. The van der Waals surface area contributed by atoms with E-state index >= 15 is 0 Å². The molecule has 1 amide bonds. The van der Waals surface area contributed by atoms with Gasteiger partial charge in [-0.2, -0.15) is 0 Å². The number of nitrogens with zero attached hydrogens (tertiary/aromatic N) is 4. The largest absolute Gasteiger partial charge is 0.340 e. The average molecular weight is 547 g/mol. The number of likely N-dealkylation sites (N-methyl/N-ethyl adjacent to an activating group) is 2. The van der Waals surface area contributed by atoms with E-state index in [-0.39, 0.29) is 16.6 Å². The van der Waals surface area contributed by atoms with Crippen molar-refractivity contribution >= 4 is 45.5 Å². The minimum Gasteiger partial charge on any atom is -0.340 e. The molecule has 2 aromatic carbocycles. The third-order valence-electron chi connectivity index (χ3n) is 6.47. The number of rotatable bonds is 7. The van der Waals surface area contributed by atoms with Crippen LogP contribution in [0.4, 0.5) is 20.4 Å². The van der Waals surface area contributed by atoms with Crippen molar-refractivity contribution in [3.63, 3.8) is 0 Å². The topological polar surface area (TPSA) is 82.5 Å². The van der Waals surface area contributed by atoms with E-state index in [0.29, 0.717) is 59.1 Å². The van der Waals surface area contributed by atoms with Crippen molar-refractivity contribution in [3.8, 4) is 0 Å². The first kappa shape index (κ1) is 26.4. The van der Waals surface area contributed by atoms with E-state index in [1.807, 2.05) is 13.1 Å². The summed E-state index contributed by atoms with van der Waals surface area (Å²) in [7, 11) is 3.60. The third-order valence-corrected chi connectivity index (χ3v) is 6.68. The van der Waals surface area contributed by atoms with Crippen molar-refractivity contribution in [2.24, 2.45) is 4.99 Å². The summed E-state index contributed by atoms with van der Waals surface area (Å²) in [6.07, 6.45) is 7.05. The lowest BCUT2D eigenvalue weighted by molar-refractivity contribution is 0.0797. The van der Waals surface area contributed by atoms with Gasteiger partial charge >= 0.3 is 0 Å². The number of anilines is 2. The molecule has 0 saturated heterocycles. The third kappa shape index (κ3) is 5.50. The van der Waals surface area contributed by atoms with Crippen LogP contribution in [0.25, 0.3) is 11.1 Å². The fourth-order valence-corrected chi connectivity index (χ4v) is 4.59. The molecule has 2 aliphatic rings. The Morgan fingerprint density at radius 1 is 1.08 bits per heavy atom. The molecule has 3 aromatic rings. The molecule has 0 saturated carbocycles. The zero-order valence-electron chi connectivity index (χ0n) is 21.3. The van der Waals surface area contributed by atoms with E-state index < -0.39 is 11.6 Å². The maximum absolute atomic E-state index is 14.8. The predicted octanol–water partition coefficient (Wildman–Crippen LogP) is 5.35. The lowest BCUT2D eigenvalue weighted by Gasteiger charge is -2.22. The molecule has 1 aliphatic carbocycles. The molecule has 0 atom stereocenters. The summed E-state index contributed by atoms with van der Waals surface area (Å²) in [5.41, 5.74) is 3.97. The first-order valence-corrected chi connectivity index (χ1v) is 12.7. The minimum atomic E-state index is -0.696. The van der Waals surface area contributed by atoms with Crippen LogP contribution in [-0.2, 0) is 6.42 Å². The quantitative estimate of drug-likeness (QED) is 0.417. The molecule has 1 aromatic heterocycles. The van der Waals surface area contributed by atoms with Crippen molar-refractivity contribution in [1.29, 1.82) is 0 Å². The molecule has 2 heterocycles. The van der Waals surface area contributed by atoms with Gasteiger partial charge in [-0.1, -0.05) is 23.7 Å². The van der Waals surface area contributed by atoms with E-state index in [1.165, 1.54) is 24.3 Å². The number of aromatic nitrogens is 2. The first-order chi connectivity index (χ1) is 18.9. The summed E-state index contributed by atoms with van der Waals surface area (Å²) >= 11 is 6.26. The smallest absolute Gasteiger partial charge is 0.253 e. The number of carbonyl (C=O) groups excluding carboxylic acids is 1. The monoisotopic (exact) mass is 546 g/mol. The van der Waals surface area contributed by atoms with Gasteiger partial charge in [-0.25, -0.2) is 23.7 Å². The molecule has 0 bridgehead atoms. The Morgan fingerprint density at radius 2 is 1.82 bits per heavy atom. The van der Waals surface area contributed by atoms with Gasteiger partial charge in [-0.05, 0) is 67.1 Å². The van der Waals surface area contributed by atoms with E-state index in [9.17, 15) is 13.6 Å². The summed E-state index contributed by atoms with van der Waals surface area (Å²) in [5.74, 6) is -1.14. The molecule has 2 N–H and O–H groups in total. The Labute approximate surface area is 229 Å². The van der Waals surface area contributed by atoms with Crippen LogP contribution in [0.5, 0.6) is 0 Å². The Kier molecular flexibility index (Phi) is 7.63. The second kappa shape index (κ2) is 11.3. The fourth-order valence-electron chi connectivity index (χ4n) is 4.43. The summed E-state index contributed by atoms with van der Waals surface area (Å²) in [4.78, 5) is 27.7. The molecule has 1 aliphatic heterocycles. The average Bonchev–Trinajstić information content (AvgIpc) is 3.10. The van der Waals surface area contributed by atoms with Crippen LogP contribution in [0.15, 0.2) is 77.6 Å². The normalized spacial score (nSPS) is 14.2. The lowest BCUT2D eigenvalue weighted by Crippen LogP contribution is -2.32. The number of hydrogen-bond acceptors (Lipinski definition) is 6. The zero-order valence-corrected chi connectivity index (χ0v) is 22.1. The van der Waals surface area contributed by atoms with Gasteiger partial charge in [0.2, 0.25) is 5.95 Å². The van der Waals surface area contributed by atoms with Crippen molar-refractivity contribution in [1.82, 2.24) is 20.2 Å². The van der Waals surface area contributed by atoms with Gasteiger partial charge in [0.15, 0.2) is 0 Å². The number of benzene rings is 2.